The van der Waals surface area contributed by atoms with Crippen molar-refractivity contribution in [3.63, 3.8) is 0 Å². The smallest absolute Gasteiger partial charge is 0.217 e. The van der Waals surface area contributed by atoms with Crippen LogP contribution in [0.1, 0.15) is 11.1 Å². The molecule has 0 aliphatic rings. The van der Waals surface area contributed by atoms with Gasteiger partial charge in [0.1, 0.15) is 0 Å². The van der Waals surface area contributed by atoms with Crippen LogP contribution in [0.4, 0.5) is 0 Å². The van der Waals surface area contributed by atoms with E-state index in [2.05, 4.69) is 56.1 Å². The zero-order valence-corrected chi connectivity index (χ0v) is 13.2. The normalized spacial score (nSPS) is 10.8. The Morgan fingerprint density at radius 2 is 1.90 bits per heavy atom. The number of ether oxygens (including phenoxy) is 1. The summed E-state index contributed by atoms with van der Waals surface area (Å²) in [5, 5.41) is 0.947. The van der Waals surface area contributed by atoms with Crippen LogP contribution in [-0.2, 0) is 13.1 Å². The summed E-state index contributed by atoms with van der Waals surface area (Å²) < 4.78 is 5.33. The molecule has 0 fully saturated rings. The fraction of sp³-hybridized carbons (Fsp3) is 0.312. The summed E-state index contributed by atoms with van der Waals surface area (Å²) in [6.07, 6.45) is 1.76. The first-order chi connectivity index (χ1) is 9.83. The number of hydrogen-bond acceptors (Lipinski definition) is 3. The average Bonchev–Trinajstić information content (AvgIpc) is 2.49. The Morgan fingerprint density at radius 3 is 2.60 bits per heavy atom. The fourth-order valence-corrected chi connectivity index (χ4v) is 2.65. The van der Waals surface area contributed by atoms with Crippen molar-refractivity contribution in [1.82, 2.24) is 9.88 Å². The Labute approximate surface area is 128 Å². The zero-order chi connectivity index (χ0) is 14.2. The van der Waals surface area contributed by atoms with E-state index in [0.717, 1.165) is 30.5 Å². The number of rotatable bonds is 7. The molecule has 0 atom stereocenters. The zero-order valence-electron chi connectivity index (χ0n) is 11.6. The van der Waals surface area contributed by atoms with Crippen LogP contribution >= 0.6 is 15.9 Å². The standard InChI is InChI=1S/C16H19BrN2O/c1-20-16-15(8-5-10-18-16)13-19(11-9-17)12-14-6-3-2-4-7-14/h2-8,10H,9,11-13H2,1H3. The molecule has 0 saturated heterocycles. The predicted molar refractivity (Wildman–Crippen MR) is 85.1 cm³/mol. The number of nitrogens with zero attached hydrogens (tertiary/aromatic N) is 2. The first kappa shape index (κ1) is 15.0. The van der Waals surface area contributed by atoms with Gasteiger partial charge >= 0.3 is 0 Å². The van der Waals surface area contributed by atoms with E-state index in [4.69, 9.17) is 4.74 Å². The Morgan fingerprint density at radius 1 is 1.10 bits per heavy atom. The molecule has 0 aliphatic heterocycles. The highest BCUT2D eigenvalue weighted by molar-refractivity contribution is 9.09. The quantitative estimate of drug-likeness (QED) is 0.725. The number of benzene rings is 1. The molecule has 2 aromatic rings. The van der Waals surface area contributed by atoms with Gasteiger partial charge in [-0.05, 0) is 11.6 Å². The summed E-state index contributed by atoms with van der Waals surface area (Å²) in [5.74, 6) is 0.708. The van der Waals surface area contributed by atoms with Gasteiger partial charge in [-0.3, -0.25) is 4.90 Å². The van der Waals surface area contributed by atoms with E-state index in [1.165, 1.54) is 5.56 Å². The molecule has 0 amide bonds. The van der Waals surface area contributed by atoms with Crippen LogP contribution in [0.5, 0.6) is 5.88 Å². The molecular weight excluding hydrogens is 316 g/mol. The highest BCUT2D eigenvalue weighted by atomic mass is 79.9. The summed E-state index contributed by atoms with van der Waals surface area (Å²) >= 11 is 3.52. The third-order valence-corrected chi connectivity index (χ3v) is 3.44. The molecule has 0 unspecified atom stereocenters. The van der Waals surface area contributed by atoms with Crippen molar-refractivity contribution >= 4 is 15.9 Å². The lowest BCUT2D eigenvalue weighted by Gasteiger charge is -2.22. The summed E-state index contributed by atoms with van der Waals surface area (Å²) in [6.45, 7) is 2.73. The second-order valence-electron chi connectivity index (χ2n) is 4.56. The van der Waals surface area contributed by atoms with Gasteiger partial charge in [0.2, 0.25) is 5.88 Å². The number of methoxy groups -OCH3 is 1. The summed E-state index contributed by atoms with van der Waals surface area (Å²) in [4.78, 5) is 6.64. The maximum Gasteiger partial charge on any atom is 0.217 e. The number of aromatic nitrogens is 1. The van der Waals surface area contributed by atoms with Crippen LogP contribution in [0.3, 0.4) is 0 Å². The molecule has 0 bridgehead atoms. The largest absolute Gasteiger partial charge is 0.481 e. The molecule has 3 nitrogen and oxygen atoms in total. The predicted octanol–water partition coefficient (Wildman–Crippen LogP) is 3.49. The van der Waals surface area contributed by atoms with Crippen molar-refractivity contribution in [1.29, 1.82) is 0 Å². The topological polar surface area (TPSA) is 25.4 Å². The van der Waals surface area contributed by atoms with Gasteiger partial charge in [0.25, 0.3) is 0 Å². The van der Waals surface area contributed by atoms with Crippen LogP contribution in [-0.4, -0.2) is 28.9 Å². The summed E-state index contributed by atoms with van der Waals surface area (Å²) in [5.41, 5.74) is 2.43. The Balaban J connectivity index is 2.09. The maximum absolute atomic E-state index is 5.33. The number of pyridine rings is 1. The Bertz CT molecular complexity index is 519. The van der Waals surface area contributed by atoms with Crippen molar-refractivity contribution in [2.45, 2.75) is 13.1 Å². The van der Waals surface area contributed by atoms with Gasteiger partial charge in [-0.15, -0.1) is 0 Å². The monoisotopic (exact) mass is 334 g/mol. The SMILES string of the molecule is COc1ncccc1CN(CCBr)Cc1ccccc1. The molecule has 0 radical (unpaired) electrons. The third-order valence-electron chi connectivity index (χ3n) is 3.09. The van der Waals surface area contributed by atoms with Crippen LogP contribution in [0, 0.1) is 0 Å². The molecule has 2 rings (SSSR count). The van der Waals surface area contributed by atoms with Gasteiger partial charge in [-0.25, -0.2) is 4.98 Å². The molecule has 0 N–H and O–H groups in total. The first-order valence-electron chi connectivity index (χ1n) is 6.63. The van der Waals surface area contributed by atoms with Crippen molar-refractivity contribution < 1.29 is 4.74 Å². The lowest BCUT2D eigenvalue weighted by atomic mass is 10.2. The van der Waals surface area contributed by atoms with Crippen molar-refractivity contribution in [3.8, 4) is 5.88 Å². The van der Waals surface area contributed by atoms with Crippen molar-refractivity contribution in [3.05, 3.63) is 59.8 Å². The molecule has 20 heavy (non-hydrogen) atoms. The maximum atomic E-state index is 5.33. The lowest BCUT2D eigenvalue weighted by Crippen LogP contribution is -2.25. The van der Waals surface area contributed by atoms with E-state index in [1.807, 2.05) is 12.1 Å². The number of alkyl halides is 1. The minimum atomic E-state index is 0.708. The molecule has 0 saturated carbocycles. The van der Waals surface area contributed by atoms with Gasteiger partial charge in [0.05, 0.1) is 7.11 Å². The summed E-state index contributed by atoms with van der Waals surface area (Å²) in [7, 11) is 1.66. The van der Waals surface area contributed by atoms with Gasteiger partial charge < -0.3 is 4.74 Å². The molecular formula is C16H19BrN2O. The van der Waals surface area contributed by atoms with E-state index in [9.17, 15) is 0 Å². The van der Waals surface area contributed by atoms with E-state index in [0.29, 0.717) is 5.88 Å². The first-order valence-corrected chi connectivity index (χ1v) is 7.75. The highest BCUT2D eigenvalue weighted by Gasteiger charge is 2.10. The van der Waals surface area contributed by atoms with Crippen LogP contribution in [0.15, 0.2) is 48.7 Å². The molecule has 0 aliphatic carbocycles. The van der Waals surface area contributed by atoms with Gasteiger partial charge in [-0.2, -0.15) is 0 Å². The molecule has 106 valence electrons. The van der Waals surface area contributed by atoms with Gasteiger partial charge in [-0.1, -0.05) is 52.3 Å². The number of hydrogen-bond donors (Lipinski definition) is 0. The molecule has 1 aromatic carbocycles. The van der Waals surface area contributed by atoms with Crippen LogP contribution in [0.25, 0.3) is 0 Å². The second-order valence-corrected chi connectivity index (χ2v) is 5.35. The Hall–Kier alpha value is -1.39. The second kappa shape index (κ2) is 8.02. The summed E-state index contributed by atoms with van der Waals surface area (Å²) in [6, 6.07) is 14.5. The minimum absolute atomic E-state index is 0.708. The molecule has 4 heteroatoms. The van der Waals surface area contributed by atoms with Crippen LogP contribution in [0.2, 0.25) is 0 Å². The molecule has 1 aromatic heterocycles. The third kappa shape index (κ3) is 4.32. The van der Waals surface area contributed by atoms with Gasteiger partial charge in [0, 0.05) is 36.7 Å². The minimum Gasteiger partial charge on any atom is -0.481 e. The van der Waals surface area contributed by atoms with Crippen molar-refractivity contribution in [2.75, 3.05) is 19.0 Å². The average molecular weight is 335 g/mol. The number of halogens is 1. The van der Waals surface area contributed by atoms with E-state index in [-0.39, 0.29) is 0 Å². The highest BCUT2D eigenvalue weighted by Crippen LogP contribution is 2.17. The molecule has 0 spiro atoms. The van der Waals surface area contributed by atoms with Crippen molar-refractivity contribution in [2.24, 2.45) is 0 Å². The Kier molecular flexibility index (Phi) is 6.02. The van der Waals surface area contributed by atoms with Crippen LogP contribution < -0.4 is 4.74 Å². The van der Waals surface area contributed by atoms with Gasteiger partial charge in [0.15, 0.2) is 0 Å². The van der Waals surface area contributed by atoms with E-state index >= 15 is 0 Å². The lowest BCUT2D eigenvalue weighted by molar-refractivity contribution is 0.267. The fourth-order valence-electron chi connectivity index (χ4n) is 2.14. The van der Waals surface area contributed by atoms with E-state index in [1.54, 1.807) is 13.3 Å². The molecule has 1 heterocycles. The van der Waals surface area contributed by atoms with E-state index < -0.39 is 0 Å².